The van der Waals surface area contributed by atoms with E-state index in [1.54, 1.807) is 0 Å². The van der Waals surface area contributed by atoms with Gasteiger partial charge in [-0.25, -0.2) is 9.59 Å². The van der Waals surface area contributed by atoms with Gasteiger partial charge in [0.2, 0.25) is 0 Å². The lowest BCUT2D eigenvalue weighted by atomic mass is 10.4. The monoisotopic (exact) mass is 214 g/mol. The Labute approximate surface area is 83.9 Å². The van der Waals surface area contributed by atoms with Gasteiger partial charge in [0.1, 0.15) is 5.69 Å². The quantitative estimate of drug-likeness (QED) is 0.661. The number of H-pyrrole nitrogens is 1. The smallest absolute Gasteiger partial charge is 0.352 e. The topological polar surface area (TPSA) is 101 Å². The fourth-order valence-corrected chi connectivity index (χ4v) is 1.03. The van der Waals surface area contributed by atoms with E-state index in [0.717, 1.165) is 10.6 Å². The Morgan fingerprint density at radius 3 is 2.73 bits per heavy atom. The molecule has 0 aliphatic heterocycles. The molecular weight excluding hydrogens is 204 g/mol. The number of carboxylic acid groups (broad SMARTS) is 1. The van der Waals surface area contributed by atoms with Crippen molar-refractivity contribution in [3.05, 3.63) is 32.6 Å². The first kappa shape index (κ1) is 11.2. The van der Waals surface area contributed by atoms with Crippen molar-refractivity contribution in [3.63, 3.8) is 0 Å². The molecule has 0 saturated heterocycles. The van der Waals surface area contributed by atoms with Crippen LogP contribution < -0.4 is 11.2 Å². The average molecular weight is 214 g/mol. The lowest BCUT2D eigenvalue weighted by Gasteiger charge is -2.03. The minimum atomic E-state index is -1.34. The number of carbonyl (C=O) groups is 1. The molecule has 7 heteroatoms. The number of nitrogens with zero attached hydrogens (tertiary/aromatic N) is 1. The number of aromatic nitrogens is 2. The van der Waals surface area contributed by atoms with Gasteiger partial charge < -0.3 is 14.8 Å². The first-order valence-corrected chi connectivity index (χ1v) is 4.12. The van der Waals surface area contributed by atoms with Gasteiger partial charge >= 0.3 is 11.7 Å². The zero-order chi connectivity index (χ0) is 11.4. The number of hydrogen-bond donors (Lipinski definition) is 2. The number of ether oxygens (including phenoxy) is 1. The number of hydrogen-bond acceptors (Lipinski definition) is 4. The Bertz CT molecular complexity index is 441. The van der Waals surface area contributed by atoms with Crippen LogP contribution in [0.5, 0.6) is 0 Å². The van der Waals surface area contributed by atoms with E-state index in [9.17, 15) is 14.4 Å². The maximum absolute atomic E-state index is 11.3. The number of methoxy groups -OCH3 is 1. The fourth-order valence-electron chi connectivity index (χ4n) is 1.03. The van der Waals surface area contributed by atoms with Crippen LogP contribution in [0.2, 0.25) is 0 Å². The second-order valence-corrected chi connectivity index (χ2v) is 2.78. The molecule has 0 unspecified atom stereocenters. The molecule has 0 fully saturated rings. The first-order valence-electron chi connectivity index (χ1n) is 4.12. The van der Waals surface area contributed by atoms with E-state index < -0.39 is 22.9 Å². The molecule has 0 atom stereocenters. The van der Waals surface area contributed by atoms with E-state index in [1.165, 1.54) is 7.11 Å². The van der Waals surface area contributed by atoms with Crippen LogP contribution in [0.25, 0.3) is 0 Å². The highest BCUT2D eigenvalue weighted by molar-refractivity contribution is 5.84. The summed E-state index contributed by atoms with van der Waals surface area (Å²) < 4.78 is 5.58. The lowest BCUT2D eigenvalue weighted by Crippen LogP contribution is -2.37. The van der Waals surface area contributed by atoms with Crippen LogP contribution in [0.3, 0.4) is 0 Å². The Hall–Kier alpha value is -1.89. The lowest BCUT2D eigenvalue weighted by molar-refractivity contribution is 0.0689. The Balaban J connectivity index is 3.16. The molecule has 0 amide bonds. The summed E-state index contributed by atoms with van der Waals surface area (Å²) in [5, 5.41) is 8.56. The SMILES string of the molecule is COCCn1c(=O)cc(C(=O)O)[nH]c1=O. The standard InChI is InChI=1S/C8H10N2O5/c1-15-3-2-10-6(11)4-5(7(12)13)9-8(10)14/h4H,2-3H2,1H3,(H,9,14)(H,12,13). The third kappa shape index (κ3) is 2.53. The van der Waals surface area contributed by atoms with E-state index in [-0.39, 0.29) is 13.2 Å². The molecule has 2 N–H and O–H groups in total. The predicted molar refractivity (Wildman–Crippen MR) is 50.2 cm³/mol. The summed E-state index contributed by atoms with van der Waals surface area (Å²) in [5.74, 6) is -1.34. The second kappa shape index (κ2) is 4.56. The molecule has 0 saturated carbocycles. The zero-order valence-corrected chi connectivity index (χ0v) is 8.02. The molecule has 0 spiro atoms. The average Bonchev–Trinajstić information content (AvgIpc) is 2.16. The Morgan fingerprint density at radius 2 is 2.27 bits per heavy atom. The van der Waals surface area contributed by atoms with Gasteiger partial charge in [0.15, 0.2) is 0 Å². The minimum absolute atomic E-state index is 0.0879. The second-order valence-electron chi connectivity index (χ2n) is 2.78. The highest BCUT2D eigenvalue weighted by Gasteiger charge is 2.08. The normalized spacial score (nSPS) is 10.2. The molecule has 0 aliphatic rings. The number of aromatic carboxylic acids is 1. The molecule has 0 bridgehead atoms. The van der Waals surface area contributed by atoms with Crippen LogP contribution in [0.15, 0.2) is 15.7 Å². The van der Waals surface area contributed by atoms with Crippen LogP contribution in [-0.2, 0) is 11.3 Å². The van der Waals surface area contributed by atoms with Crippen molar-refractivity contribution in [2.45, 2.75) is 6.54 Å². The Kier molecular flexibility index (Phi) is 3.40. The summed E-state index contributed by atoms with van der Waals surface area (Å²) in [6, 6.07) is 0.861. The van der Waals surface area contributed by atoms with Gasteiger partial charge in [-0.1, -0.05) is 0 Å². The summed E-state index contributed by atoms with van der Waals surface area (Å²) in [6.07, 6.45) is 0. The number of aromatic amines is 1. The van der Waals surface area contributed by atoms with Gasteiger partial charge in [0.05, 0.1) is 13.2 Å². The van der Waals surface area contributed by atoms with Crippen molar-refractivity contribution in [1.82, 2.24) is 9.55 Å². The molecule has 0 aliphatic carbocycles. The number of nitrogens with one attached hydrogen (secondary N) is 1. The van der Waals surface area contributed by atoms with Crippen LogP contribution in [0.4, 0.5) is 0 Å². The minimum Gasteiger partial charge on any atom is -0.477 e. The van der Waals surface area contributed by atoms with Crippen molar-refractivity contribution < 1.29 is 14.6 Å². The molecule has 15 heavy (non-hydrogen) atoms. The zero-order valence-electron chi connectivity index (χ0n) is 8.02. The van der Waals surface area contributed by atoms with Crippen molar-refractivity contribution >= 4 is 5.97 Å². The van der Waals surface area contributed by atoms with E-state index in [4.69, 9.17) is 9.84 Å². The van der Waals surface area contributed by atoms with Crippen LogP contribution in [-0.4, -0.2) is 34.3 Å². The largest absolute Gasteiger partial charge is 0.477 e. The van der Waals surface area contributed by atoms with Crippen LogP contribution in [0, 0.1) is 0 Å². The highest BCUT2D eigenvalue weighted by atomic mass is 16.5. The number of carboxylic acids is 1. The van der Waals surface area contributed by atoms with Gasteiger partial charge in [0, 0.05) is 13.2 Å². The first-order chi connectivity index (χ1) is 7.06. The van der Waals surface area contributed by atoms with Gasteiger partial charge in [-0.3, -0.25) is 9.36 Å². The summed E-state index contributed by atoms with van der Waals surface area (Å²) in [5.41, 5.74) is -1.83. The summed E-state index contributed by atoms with van der Waals surface area (Å²) in [6.45, 7) is 0.292. The molecule has 1 aromatic rings. The molecule has 1 aromatic heterocycles. The molecule has 82 valence electrons. The maximum Gasteiger partial charge on any atom is 0.352 e. The van der Waals surface area contributed by atoms with Gasteiger partial charge in [-0.15, -0.1) is 0 Å². The van der Waals surface area contributed by atoms with Crippen LogP contribution in [0.1, 0.15) is 10.5 Å². The molecule has 1 heterocycles. The van der Waals surface area contributed by atoms with Gasteiger partial charge in [-0.2, -0.15) is 0 Å². The third-order valence-corrected chi connectivity index (χ3v) is 1.77. The van der Waals surface area contributed by atoms with Crippen molar-refractivity contribution in [3.8, 4) is 0 Å². The fraction of sp³-hybridized carbons (Fsp3) is 0.375. The molecule has 0 radical (unpaired) electrons. The molecule has 7 nitrogen and oxygen atoms in total. The highest BCUT2D eigenvalue weighted by Crippen LogP contribution is 1.85. The maximum atomic E-state index is 11.3. The van der Waals surface area contributed by atoms with Crippen molar-refractivity contribution in [1.29, 1.82) is 0 Å². The molecule has 1 rings (SSSR count). The summed E-state index contributed by atoms with van der Waals surface area (Å²) in [4.78, 5) is 35.1. The summed E-state index contributed by atoms with van der Waals surface area (Å²) in [7, 11) is 1.44. The van der Waals surface area contributed by atoms with E-state index in [0.29, 0.717) is 0 Å². The molecule has 0 aromatic carbocycles. The molecular formula is C8H10N2O5. The Morgan fingerprint density at radius 1 is 1.60 bits per heavy atom. The van der Waals surface area contributed by atoms with E-state index >= 15 is 0 Å². The van der Waals surface area contributed by atoms with E-state index in [2.05, 4.69) is 4.98 Å². The van der Waals surface area contributed by atoms with Crippen molar-refractivity contribution in [2.24, 2.45) is 0 Å². The number of rotatable bonds is 4. The van der Waals surface area contributed by atoms with Crippen molar-refractivity contribution in [2.75, 3.05) is 13.7 Å². The van der Waals surface area contributed by atoms with Gasteiger partial charge in [0.25, 0.3) is 5.56 Å². The van der Waals surface area contributed by atoms with Crippen LogP contribution >= 0.6 is 0 Å². The van der Waals surface area contributed by atoms with E-state index in [1.807, 2.05) is 0 Å². The summed E-state index contributed by atoms with van der Waals surface area (Å²) >= 11 is 0. The third-order valence-electron chi connectivity index (χ3n) is 1.77. The predicted octanol–water partition coefficient (Wildman–Crippen LogP) is -1.12. The van der Waals surface area contributed by atoms with Gasteiger partial charge in [-0.05, 0) is 0 Å².